The number of hydrogen-bond acceptors (Lipinski definition) is 3. The van der Waals surface area contributed by atoms with Gasteiger partial charge in [-0.15, -0.1) is 0 Å². The SMILES string of the molecule is Cc1ccc(S(=O)(=O)NCCCC(C)N)c(C)c1. The second-order valence-corrected chi connectivity index (χ2v) is 6.52. The lowest BCUT2D eigenvalue weighted by Crippen LogP contribution is -2.27. The number of nitrogens with two attached hydrogens (primary N) is 1. The van der Waals surface area contributed by atoms with Crippen molar-refractivity contribution in [1.82, 2.24) is 4.72 Å². The summed E-state index contributed by atoms with van der Waals surface area (Å²) in [5.41, 5.74) is 7.45. The molecule has 0 saturated carbocycles. The van der Waals surface area contributed by atoms with Crippen molar-refractivity contribution in [2.45, 2.75) is 44.6 Å². The Hall–Kier alpha value is -0.910. The average Bonchev–Trinajstić information content (AvgIpc) is 2.23. The van der Waals surface area contributed by atoms with Crippen molar-refractivity contribution >= 4 is 10.0 Å². The van der Waals surface area contributed by atoms with Gasteiger partial charge >= 0.3 is 0 Å². The van der Waals surface area contributed by atoms with Crippen molar-refractivity contribution in [3.63, 3.8) is 0 Å². The summed E-state index contributed by atoms with van der Waals surface area (Å²) in [7, 11) is -3.40. The third-order valence-electron chi connectivity index (χ3n) is 2.75. The predicted octanol–water partition coefficient (Wildman–Crippen LogP) is 1.71. The maximum atomic E-state index is 12.1. The molecule has 1 aromatic rings. The van der Waals surface area contributed by atoms with E-state index in [1.807, 2.05) is 32.9 Å². The van der Waals surface area contributed by atoms with Crippen LogP contribution in [0.2, 0.25) is 0 Å². The van der Waals surface area contributed by atoms with E-state index >= 15 is 0 Å². The van der Waals surface area contributed by atoms with Gasteiger partial charge in [0.25, 0.3) is 0 Å². The fourth-order valence-corrected chi connectivity index (χ4v) is 3.11. The van der Waals surface area contributed by atoms with Crippen LogP contribution < -0.4 is 10.5 Å². The van der Waals surface area contributed by atoms with Crippen molar-refractivity contribution in [3.05, 3.63) is 29.3 Å². The topological polar surface area (TPSA) is 72.2 Å². The molecule has 0 fully saturated rings. The molecule has 1 atom stereocenters. The molecule has 0 aliphatic rings. The van der Waals surface area contributed by atoms with E-state index in [2.05, 4.69) is 4.72 Å². The molecule has 1 aromatic carbocycles. The highest BCUT2D eigenvalue weighted by Crippen LogP contribution is 2.16. The fourth-order valence-electron chi connectivity index (χ4n) is 1.81. The van der Waals surface area contributed by atoms with Gasteiger partial charge in [-0.2, -0.15) is 0 Å². The molecule has 0 aliphatic heterocycles. The number of hydrogen-bond donors (Lipinski definition) is 2. The Labute approximate surface area is 110 Å². The second-order valence-electron chi connectivity index (χ2n) is 4.79. The highest BCUT2D eigenvalue weighted by molar-refractivity contribution is 7.89. The molecule has 1 unspecified atom stereocenters. The van der Waals surface area contributed by atoms with Gasteiger partial charge in [-0.05, 0) is 45.2 Å². The van der Waals surface area contributed by atoms with Crippen molar-refractivity contribution in [3.8, 4) is 0 Å². The van der Waals surface area contributed by atoms with Crippen LogP contribution in [0.25, 0.3) is 0 Å². The van der Waals surface area contributed by atoms with Crippen LogP contribution in [-0.2, 0) is 10.0 Å². The molecular formula is C13H22N2O2S. The van der Waals surface area contributed by atoms with E-state index in [0.29, 0.717) is 11.4 Å². The lowest BCUT2D eigenvalue weighted by atomic mass is 10.2. The first kappa shape index (κ1) is 15.1. The minimum Gasteiger partial charge on any atom is -0.328 e. The Morgan fingerprint density at radius 3 is 2.56 bits per heavy atom. The van der Waals surface area contributed by atoms with Crippen LogP contribution >= 0.6 is 0 Å². The first-order valence-corrected chi connectivity index (χ1v) is 7.64. The molecule has 0 spiro atoms. The van der Waals surface area contributed by atoms with Gasteiger partial charge in [-0.3, -0.25) is 0 Å². The summed E-state index contributed by atoms with van der Waals surface area (Å²) in [4.78, 5) is 0.355. The number of nitrogens with one attached hydrogen (secondary N) is 1. The standard InChI is InChI=1S/C13H22N2O2S/c1-10-6-7-13(11(2)9-10)18(16,17)15-8-4-5-12(3)14/h6-7,9,12,15H,4-5,8,14H2,1-3H3. The lowest BCUT2D eigenvalue weighted by molar-refractivity contribution is 0.567. The van der Waals surface area contributed by atoms with Crippen molar-refractivity contribution < 1.29 is 8.42 Å². The molecule has 0 saturated heterocycles. The van der Waals surface area contributed by atoms with Gasteiger partial charge in [0, 0.05) is 12.6 Å². The molecule has 0 amide bonds. The summed E-state index contributed by atoms with van der Waals surface area (Å²) < 4.78 is 26.7. The normalized spacial score (nSPS) is 13.6. The van der Waals surface area contributed by atoms with Crippen molar-refractivity contribution in [1.29, 1.82) is 0 Å². The predicted molar refractivity (Wildman–Crippen MR) is 74.0 cm³/mol. The molecule has 0 bridgehead atoms. The van der Waals surface area contributed by atoms with E-state index in [1.165, 1.54) is 0 Å². The van der Waals surface area contributed by atoms with Crippen LogP contribution in [0.5, 0.6) is 0 Å². The molecule has 1 rings (SSSR count). The lowest BCUT2D eigenvalue weighted by Gasteiger charge is -2.10. The van der Waals surface area contributed by atoms with Crippen LogP contribution in [0.4, 0.5) is 0 Å². The van der Waals surface area contributed by atoms with Crippen LogP contribution in [-0.4, -0.2) is 21.0 Å². The maximum absolute atomic E-state index is 12.1. The number of aryl methyl sites for hydroxylation is 2. The van der Waals surface area contributed by atoms with Gasteiger partial charge in [0.05, 0.1) is 4.90 Å². The number of benzene rings is 1. The first-order chi connectivity index (χ1) is 8.33. The third kappa shape index (κ3) is 4.40. The zero-order valence-corrected chi connectivity index (χ0v) is 12.0. The summed E-state index contributed by atoms with van der Waals surface area (Å²) in [6.45, 7) is 6.10. The van der Waals surface area contributed by atoms with Gasteiger partial charge in [-0.25, -0.2) is 13.1 Å². The molecule has 18 heavy (non-hydrogen) atoms. The molecule has 0 heterocycles. The molecular weight excluding hydrogens is 248 g/mol. The van der Waals surface area contributed by atoms with E-state index in [4.69, 9.17) is 5.73 Å². The second kappa shape index (κ2) is 6.31. The molecule has 0 aliphatic carbocycles. The third-order valence-corrected chi connectivity index (χ3v) is 4.37. The zero-order valence-electron chi connectivity index (χ0n) is 11.2. The first-order valence-electron chi connectivity index (χ1n) is 6.15. The molecule has 0 radical (unpaired) electrons. The summed E-state index contributed by atoms with van der Waals surface area (Å²) in [6.07, 6.45) is 1.57. The van der Waals surface area contributed by atoms with Crippen LogP contribution in [0.15, 0.2) is 23.1 Å². The van der Waals surface area contributed by atoms with Gasteiger partial charge in [-0.1, -0.05) is 17.7 Å². The van der Waals surface area contributed by atoms with Gasteiger partial charge in [0.2, 0.25) is 10.0 Å². The number of sulfonamides is 1. The Morgan fingerprint density at radius 2 is 2.00 bits per heavy atom. The number of rotatable bonds is 6. The Kier molecular flexibility index (Phi) is 5.31. The Bertz CT molecular complexity index is 496. The molecule has 102 valence electrons. The minimum atomic E-state index is -3.40. The van der Waals surface area contributed by atoms with Crippen LogP contribution in [0, 0.1) is 13.8 Å². The monoisotopic (exact) mass is 270 g/mol. The molecule has 0 aromatic heterocycles. The van der Waals surface area contributed by atoms with Gasteiger partial charge < -0.3 is 5.73 Å². The fraction of sp³-hybridized carbons (Fsp3) is 0.538. The van der Waals surface area contributed by atoms with Crippen molar-refractivity contribution in [2.75, 3.05) is 6.54 Å². The highest BCUT2D eigenvalue weighted by Gasteiger charge is 2.15. The Balaban J connectivity index is 2.69. The molecule has 4 nitrogen and oxygen atoms in total. The Morgan fingerprint density at radius 1 is 1.33 bits per heavy atom. The van der Waals surface area contributed by atoms with E-state index < -0.39 is 10.0 Å². The zero-order chi connectivity index (χ0) is 13.8. The maximum Gasteiger partial charge on any atom is 0.240 e. The summed E-state index contributed by atoms with van der Waals surface area (Å²) in [6, 6.07) is 5.44. The van der Waals surface area contributed by atoms with E-state index in [0.717, 1.165) is 24.0 Å². The van der Waals surface area contributed by atoms with E-state index in [9.17, 15) is 8.42 Å². The minimum absolute atomic E-state index is 0.107. The summed E-state index contributed by atoms with van der Waals surface area (Å²) in [5.74, 6) is 0. The van der Waals surface area contributed by atoms with Gasteiger partial charge in [0.15, 0.2) is 0 Å². The quantitative estimate of drug-likeness (QED) is 0.773. The van der Waals surface area contributed by atoms with Crippen LogP contribution in [0.3, 0.4) is 0 Å². The molecule has 5 heteroatoms. The average molecular weight is 270 g/mol. The van der Waals surface area contributed by atoms with E-state index in [1.54, 1.807) is 6.07 Å². The summed E-state index contributed by atoms with van der Waals surface area (Å²) >= 11 is 0. The molecule has 3 N–H and O–H groups in total. The van der Waals surface area contributed by atoms with Crippen molar-refractivity contribution in [2.24, 2.45) is 5.73 Å². The van der Waals surface area contributed by atoms with Gasteiger partial charge in [0.1, 0.15) is 0 Å². The summed E-state index contributed by atoms with van der Waals surface area (Å²) in [5, 5.41) is 0. The largest absolute Gasteiger partial charge is 0.328 e. The van der Waals surface area contributed by atoms with Crippen LogP contribution in [0.1, 0.15) is 30.9 Å². The smallest absolute Gasteiger partial charge is 0.240 e. The highest BCUT2D eigenvalue weighted by atomic mass is 32.2. The van der Waals surface area contributed by atoms with E-state index in [-0.39, 0.29) is 6.04 Å².